The minimum atomic E-state index is 0.0196. The summed E-state index contributed by atoms with van der Waals surface area (Å²) < 4.78 is 0. The molecule has 0 saturated carbocycles. The van der Waals surface area contributed by atoms with Gasteiger partial charge in [0.15, 0.2) is 11.6 Å². The lowest BCUT2D eigenvalue weighted by atomic mass is 10.0. The van der Waals surface area contributed by atoms with E-state index in [4.69, 9.17) is 0 Å². The summed E-state index contributed by atoms with van der Waals surface area (Å²) >= 11 is 0. The van der Waals surface area contributed by atoms with E-state index in [0.29, 0.717) is 18.4 Å². The smallest absolute Gasteiger partial charge is 0.159 e. The van der Waals surface area contributed by atoms with Crippen LogP contribution in [-0.4, -0.2) is 28.1 Å². The van der Waals surface area contributed by atoms with E-state index in [-0.39, 0.29) is 18.1 Å². The molecule has 0 atom stereocenters. The van der Waals surface area contributed by atoms with Gasteiger partial charge in [0.05, 0.1) is 17.9 Å². The molecule has 1 aromatic carbocycles. The first-order chi connectivity index (χ1) is 13.6. The molecule has 0 aliphatic carbocycles. The molecule has 0 aliphatic rings. The SMILES string of the molecule is C=CCc1c(NCC(=O)Cc2ccc(C(C)=O)cc2)c[nH]c1-c1cccnc1. The summed E-state index contributed by atoms with van der Waals surface area (Å²) in [6, 6.07) is 11.1. The zero-order valence-corrected chi connectivity index (χ0v) is 15.9. The first-order valence-corrected chi connectivity index (χ1v) is 9.15. The van der Waals surface area contributed by atoms with E-state index < -0.39 is 0 Å². The number of aromatic amines is 1. The number of benzene rings is 1. The van der Waals surface area contributed by atoms with Gasteiger partial charge in [-0.2, -0.15) is 0 Å². The molecular formula is C23H23N3O2. The van der Waals surface area contributed by atoms with Gasteiger partial charge in [-0.15, -0.1) is 6.58 Å². The molecule has 3 rings (SSSR count). The molecule has 0 saturated heterocycles. The first kappa shape index (κ1) is 19.3. The highest BCUT2D eigenvalue weighted by molar-refractivity contribution is 5.94. The Labute approximate surface area is 164 Å². The Hall–Kier alpha value is -3.47. The van der Waals surface area contributed by atoms with Crippen molar-refractivity contribution in [1.82, 2.24) is 9.97 Å². The largest absolute Gasteiger partial charge is 0.376 e. The summed E-state index contributed by atoms with van der Waals surface area (Å²) in [5.74, 6) is 0.0930. The van der Waals surface area contributed by atoms with E-state index in [1.165, 1.54) is 6.92 Å². The molecule has 3 aromatic rings. The second kappa shape index (κ2) is 8.95. The number of pyridine rings is 1. The van der Waals surface area contributed by atoms with Crippen LogP contribution in [0.3, 0.4) is 0 Å². The maximum atomic E-state index is 12.4. The van der Waals surface area contributed by atoms with Crippen LogP contribution in [0.15, 0.2) is 67.6 Å². The Kier molecular flexibility index (Phi) is 6.17. The van der Waals surface area contributed by atoms with Crippen molar-refractivity contribution in [2.75, 3.05) is 11.9 Å². The highest BCUT2D eigenvalue weighted by Crippen LogP contribution is 2.29. The van der Waals surface area contributed by atoms with Crippen molar-refractivity contribution in [2.24, 2.45) is 0 Å². The molecule has 5 heteroatoms. The number of Topliss-reactive ketones (excluding diaryl/α,β-unsaturated/α-hetero) is 2. The molecule has 2 aromatic heterocycles. The number of hydrogen-bond donors (Lipinski definition) is 2. The third-order valence-electron chi connectivity index (χ3n) is 4.52. The second-order valence-corrected chi connectivity index (χ2v) is 6.61. The number of carbonyl (C=O) groups excluding carboxylic acids is 2. The van der Waals surface area contributed by atoms with Crippen molar-refractivity contribution in [1.29, 1.82) is 0 Å². The summed E-state index contributed by atoms with van der Waals surface area (Å²) in [6.07, 6.45) is 8.25. The standard InChI is InChI=1S/C23H23N3O2/c1-3-5-21-22(15-26-23(21)19-6-4-11-24-13-19)25-14-20(28)12-17-7-9-18(10-8-17)16(2)27/h3-4,6-11,13,15,25-26H,1,5,12,14H2,2H3. The van der Waals surface area contributed by atoms with Crippen LogP contribution in [0.1, 0.15) is 28.4 Å². The molecule has 0 aliphatic heterocycles. The third kappa shape index (κ3) is 4.62. The van der Waals surface area contributed by atoms with Crippen molar-refractivity contribution in [2.45, 2.75) is 19.8 Å². The maximum Gasteiger partial charge on any atom is 0.159 e. The van der Waals surface area contributed by atoms with Crippen molar-refractivity contribution >= 4 is 17.3 Å². The Morgan fingerprint density at radius 1 is 1.21 bits per heavy atom. The van der Waals surface area contributed by atoms with Gasteiger partial charge < -0.3 is 10.3 Å². The van der Waals surface area contributed by atoms with Crippen LogP contribution in [-0.2, 0) is 17.6 Å². The van der Waals surface area contributed by atoms with E-state index in [1.807, 2.05) is 36.5 Å². The zero-order chi connectivity index (χ0) is 19.9. The normalized spacial score (nSPS) is 10.5. The quantitative estimate of drug-likeness (QED) is 0.435. The van der Waals surface area contributed by atoms with Crippen molar-refractivity contribution < 1.29 is 9.59 Å². The average molecular weight is 373 g/mol. The Morgan fingerprint density at radius 2 is 2.00 bits per heavy atom. The number of rotatable bonds is 9. The van der Waals surface area contributed by atoms with Crippen LogP contribution in [0.4, 0.5) is 5.69 Å². The molecular weight excluding hydrogens is 350 g/mol. The van der Waals surface area contributed by atoms with Gasteiger partial charge in [-0.05, 0) is 31.0 Å². The second-order valence-electron chi connectivity index (χ2n) is 6.61. The van der Waals surface area contributed by atoms with Gasteiger partial charge in [-0.3, -0.25) is 14.6 Å². The molecule has 0 amide bonds. The minimum Gasteiger partial charge on any atom is -0.376 e. The van der Waals surface area contributed by atoms with E-state index in [0.717, 1.165) is 28.1 Å². The summed E-state index contributed by atoms with van der Waals surface area (Å²) in [6.45, 7) is 5.59. The molecule has 0 fully saturated rings. The minimum absolute atomic E-state index is 0.0196. The number of carbonyl (C=O) groups is 2. The van der Waals surface area contributed by atoms with Gasteiger partial charge in [0.1, 0.15) is 0 Å². The molecule has 28 heavy (non-hydrogen) atoms. The summed E-state index contributed by atoms with van der Waals surface area (Å²) in [4.78, 5) is 31.2. The van der Waals surface area contributed by atoms with Crippen molar-refractivity contribution in [3.8, 4) is 11.3 Å². The molecule has 2 heterocycles. The monoisotopic (exact) mass is 373 g/mol. The Morgan fingerprint density at radius 3 is 2.64 bits per heavy atom. The predicted octanol–water partition coefficient (Wildman–Crippen LogP) is 4.23. The lowest BCUT2D eigenvalue weighted by molar-refractivity contribution is -0.116. The molecule has 0 unspecified atom stereocenters. The first-order valence-electron chi connectivity index (χ1n) is 9.15. The van der Waals surface area contributed by atoms with Gasteiger partial charge in [0, 0.05) is 41.7 Å². The van der Waals surface area contributed by atoms with E-state index in [2.05, 4.69) is 21.9 Å². The molecule has 2 N–H and O–H groups in total. The fourth-order valence-electron chi connectivity index (χ4n) is 3.08. The van der Waals surface area contributed by atoms with Crippen LogP contribution in [0.5, 0.6) is 0 Å². The number of allylic oxidation sites excluding steroid dienone is 1. The van der Waals surface area contributed by atoms with Gasteiger partial charge in [-0.25, -0.2) is 0 Å². The number of nitrogens with one attached hydrogen (secondary N) is 2. The van der Waals surface area contributed by atoms with Crippen molar-refractivity contribution in [3.63, 3.8) is 0 Å². The topological polar surface area (TPSA) is 74.8 Å². The van der Waals surface area contributed by atoms with Crippen LogP contribution < -0.4 is 5.32 Å². The third-order valence-corrected chi connectivity index (χ3v) is 4.52. The van der Waals surface area contributed by atoms with E-state index in [1.54, 1.807) is 24.5 Å². The lowest BCUT2D eigenvalue weighted by Gasteiger charge is -2.08. The summed E-state index contributed by atoms with van der Waals surface area (Å²) in [5, 5.41) is 3.23. The van der Waals surface area contributed by atoms with Gasteiger partial charge >= 0.3 is 0 Å². The summed E-state index contributed by atoms with van der Waals surface area (Å²) in [5.41, 5.74) is 5.46. The molecule has 142 valence electrons. The highest BCUT2D eigenvalue weighted by Gasteiger charge is 2.13. The van der Waals surface area contributed by atoms with Crippen LogP contribution in [0, 0.1) is 0 Å². The van der Waals surface area contributed by atoms with Gasteiger partial charge in [0.25, 0.3) is 0 Å². The Bertz CT molecular complexity index is 973. The fourth-order valence-corrected chi connectivity index (χ4v) is 3.08. The Balaban J connectivity index is 1.66. The number of anilines is 1. The van der Waals surface area contributed by atoms with E-state index >= 15 is 0 Å². The lowest BCUT2D eigenvalue weighted by Crippen LogP contribution is -2.16. The van der Waals surface area contributed by atoms with Crippen LogP contribution in [0.25, 0.3) is 11.3 Å². The summed E-state index contributed by atoms with van der Waals surface area (Å²) in [7, 11) is 0. The van der Waals surface area contributed by atoms with Crippen LogP contribution >= 0.6 is 0 Å². The molecule has 0 bridgehead atoms. The van der Waals surface area contributed by atoms with E-state index in [9.17, 15) is 9.59 Å². The number of nitrogens with zero attached hydrogens (tertiary/aromatic N) is 1. The number of ketones is 2. The maximum absolute atomic E-state index is 12.4. The molecule has 0 radical (unpaired) electrons. The number of H-pyrrole nitrogens is 1. The van der Waals surface area contributed by atoms with Gasteiger partial charge in [-0.1, -0.05) is 30.3 Å². The predicted molar refractivity (Wildman–Crippen MR) is 112 cm³/mol. The zero-order valence-electron chi connectivity index (χ0n) is 15.9. The number of aromatic nitrogens is 2. The van der Waals surface area contributed by atoms with Crippen LogP contribution in [0.2, 0.25) is 0 Å². The molecule has 5 nitrogen and oxygen atoms in total. The highest BCUT2D eigenvalue weighted by atomic mass is 16.1. The molecule has 0 spiro atoms. The number of hydrogen-bond acceptors (Lipinski definition) is 4. The van der Waals surface area contributed by atoms with Gasteiger partial charge in [0.2, 0.25) is 0 Å². The average Bonchev–Trinajstić information content (AvgIpc) is 3.10. The fraction of sp³-hybridized carbons (Fsp3) is 0.174. The van der Waals surface area contributed by atoms with Crippen molar-refractivity contribution in [3.05, 3.63) is 84.3 Å².